The molecule has 1 aliphatic rings. The molecule has 0 N–H and O–H groups in total. The van der Waals surface area contributed by atoms with E-state index in [9.17, 15) is 0 Å². The molecule has 1 saturated heterocycles. The predicted octanol–water partition coefficient (Wildman–Crippen LogP) is 3.17. The van der Waals surface area contributed by atoms with Crippen LogP contribution < -0.4 is 4.74 Å². The standard InChI is InChI=1S/C22H34N4O/c1-24(13-5-16-26-15-4-12-23-26)18-21-6-3-14-25(19-21)17-11-20-7-9-22(27-2)10-8-20/h4,7-10,12,15,21H,3,5-6,11,13-14,16-19H2,1-2H3/t21-/m0/s1. The minimum Gasteiger partial charge on any atom is -0.497 e. The average Bonchev–Trinajstić information content (AvgIpc) is 3.20. The number of hydrogen-bond donors (Lipinski definition) is 0. The number of nitrogens with zero attached hydrogens (tertiary/aromatic N) is 4. The molecule has 148 valence electrons. The third-order valence-electron chi connectivity index (χ3n) is 5.53. The number of ether oxygens (including phenoxy) is 1. The second-order valence-electron chi connectivity index (χ2n) is 7.79. The zero-order valence-corrected chi connectivity index (χ0v) is 16.9. The lowest BCUT2D eigenvalue weighted by atomic mass is 9.97. The molecule has 0 saturated carbocycles. The number of aromatic nitrogens is 2. The van der Waals surface area contributed by atoms with Gasteiger partial charge < -0.3 is 14.5 Å². The monoisotopic (exact) mass is 370 g/mol. The van der Waals surface area contributed by atoms with Gasteiger partial charge >= 0.3 is 0 Å². The van der Waals surface area contributed by atoms with Crippen LogP contribution in [0.15, 0.2) is 42.7 Å². The van der Waals surface area contributed by atoms with Crippen LogP contribution in [0.1, 0.15) is 24.8 Å². The van der Waals surface area contributed by atoms with Crippen molar-refractivity contribution in [3.05, 3.63) is 48.3 Å². The highest BCUT2D eigenvalue weighted by atomic mass is 16.5. The van der Waals surface area contributed by atoms with Crippen LogP contribution in [0.5, 0.6) is 5.75 Å². The molecule has 1 fully saturated rings. The Bertz CT molecular complexity index is 641. The molecule has 0 bridgehead atoms. The molecule has 1 aromatic carbocycles. The molecular formula is C22H34N4O. The summed E-state index contributed by atoms with van der Waals surface area (Å²) in [6, 6.07) is 10.5. The smallest absolute Gasteiger partial charge is 0.118 e. The van der Waals surface area contributed by atoms with E-state index in [1.807, 2.05) is 23.1 Å². The van der Waals surface area contributed by atoms with Gasteiger partial charge in [-0.3, -0.25) is 4.68 Å². The maximum atomic E-state index is 5.24. The average molecular weight is 371 g/mol. The SMILES string of the molecule is COc1ccc(CCN2CCC[C@@H](CN(C)CCCn3cccn3)C2)cc1. The summed E-state index contributed by atoms with van der Waals surface area (Å²) in [4.78, 5) is 5.15. The molecule has 5 nitrogen and oxygen atoms in total. The minimum absolute atomic E-state index is 0.796. The molecule has 0 amide bonds. The summed E-state index contributed by atoms with van der Waals surface area (Å²) >= 11 is 0. The third-order valence-corrected chi connectivity index (χ3v) is 5.53. The summed E-state index contributed by atoms with van der Waals surface area (Å²) in [5, 5.41) is 4.28. The van der Waals surface area contributed by atoms with Crippen molar-refractivity contribution in [2.24, 2.45) is 5.92 Å². The zero-order chi connectivity index (χ0) is 18.9. The molecular weight excluding hydrogens is 336 g/mol. The van der Waals surface area contributed by atoms with E-state index in [4.69, 9.17) is 4.74 Å². The van der Waals surface area contributed by atoms with E-state index in [0.29, 0.717) is 0 Å². The molecule has 0 radical (unpaired) electrons. The number of benzene rings is 1. The van der Waals surface area contributed by atoms with Gasteiger partial charge in [-0.25, -0.2) is 0 Å². The zero-order valence-electron chi connectivity index (χ0n) is 16.9. The van der Waals surface area contributed by atoms with E-state index in [1.54, 1.807) is 7.11 Å². The van der Waals surface area contributed by atoms with Gasteiger partial charge in [0, 0.05) is 38.6 Å². The molecule has 1 atom stereocenters. The van der Waals surface area contributed by atoms with E-state index in [-0.39, 0.29) is 0 Å². The number of likely N-dealkylation sites (tertiary alicyclic amines) is 1. The Hall–Kier alpha value is -1.85. The summed E-state index contributed by atoms with van der Waals surface area (Å²) in [6.45, 7) is 7.00. The minimum atomic E-state index is 0.796. The molecule has 2 heterocycles. The van der Waals surface area contributed by atoms with Crippen LogP contribution in [0, 0.1) is 5.92 Å². The first kappa shape index (κ1) is 19.9. The lowest BCUT2D eigenvalue weighted by molar-refractivity contribution is 0.143. The molecule has 3 rings (SSSR count). The Kier molecular flexibility index (Phi) is 7.72. The highest BCUT2D eigenvalue weighted by molar-refractivity contribution is 5.27. The van der Waals surface area contributed by atoms with Crippen LogP contribution in [0.25, 0.3) is 0 Å². The van der Waals surface area contributed by atoms with Crippen LogP contribution >= 0.6 is 0 Å². The first-order valence-electron chi connectivity index (χ1n) is 10.2. The van der Waals surface area contributed by atoms with Crippen LogP contribution in [0.3, 0.4) is 0 Å². The van der Waals surface area contributed by atoms with Gasteiger partial charge in [0.25, 0.3) is 0 Å². The molecule has 0 spiro atoms. The van der Waals surface area contributed by atoms with Gasteiger partial charge in [0.2, 0.25) is 0 Å². The predicted molar refractivity (Wildman–Crippen MR) is 110 cm³/mol. The summed E-state index contributed by atoms with van der Waals surface area (Å²) in [5.74, 6) is 1.73. The first-order valence-corrected chi connectivity index (χ1v) is 10.2. The van der Waals surface area contributed by atoms with Crippen LogP contribution in [-0.2, 0) is 13.0 Å². The van der Waals surface area contributed by atoms with Crippen LogP contribution in [0.4, 0.5) is 0 Å². The Morgan fingerprint density at radius 1 is 1.22 bits per heavy atom. The summed E-state index contributed by atoms with van der Waals surface area (Å²) in [6.07, 6.45) is 8.87. The van der Waals surface area contributed by atoms with Crippen molar-refractivity contribution in [3.8, 4) is 5.75 Å². The Morgan fingerprint density at radius 2 is 2.07 bits per heavy atom. The maximum absolute atomic E-state index is 5.24. The Morgan fingerprint density at radius 3 is 2.81 bits per heavy atom. The van der Waals surface area contributed by atoms with Crippen molar-refractivity contribution in [1.82, 2.24) is 19.6 Å². The molecule has 0 aliphatic carbocycles. The molecule has 1 aromatic heterocycles. The second kappa shape index (κ2) is 10.5. The topological polar surface area (TPSA) is 33.5 Å². The summed E-state index contributed by atoms with van der Waals surface area (Å²) in [7, 11) is 3.98. The molecule has 0 unspecified atom stereocenters. The largest absolute Gasteiger partial charge is 0.497 e. The normalized spacial score (nSPS) is 18.1. The first-order chi connectivity index (χ1) is 13.2. The van der Waals surface area contributed by atoms with Crippen molar-refractivity contribution in [1.29, 1.82) is 0 Å². The molecule has 1 aliphatic heterocycles. The number of aryl methyl sites for hydroxylation is 1. The van der Waals surface area contributed by atoms with E-state index in [2.05, 4.69) is 46.2 Å². The van der Waals surface area contributed by atoms with E-state index in [1.165, 1.54) is 38.0 Å². The lowest BCUT2D eigenvalue weighted by Gasteiger charge is -2.34. The molecule has 27 heavy (non-hydrogen) atoms. The van der Waals surface area contributed by atoms with Crippen molar-refractivity contribution >= 4 is 0 Å². The quantitative estimate of drug-likeness (QED) is 0.643. The molecule has 2 aromatic rings. The van der Waals surface area contributed by atoms with Crippen LogP contribution in [0.2, 0.25) is 0 Å². The fraction of sp³-hybridized carbons (Fsp3) is 0.591. The van der Waals surface area contributed by atoms with E-state index < -0.39 is 0 Å². The Labute approximate surface area is 163 Å². The Balaban J connectivity index is 1.35. The molecule has 5 heteroatoms. The van der Waals surface area contributed by atoms with Gasteiger partial charge in [-0.1, -0.05) is 12.1 Å². The maximum Gasteiger partial charge on any atom is 0.118 e. The number of methoxy groups -OCH3 is 1. The highest BCUT2D eigenvalue weighted by Crippen LogP contribution is 2.18. The van der Waals surface area contributed by atoms with Crippen molar-refractivity contribution in [2.75, 3.05) is 46.9 Å². The summed E-state index contributed by atoms with van der Waals surface area (Å²) in [5.41, 5.74) is 1.40. The number of rotatable bonds is 10. The van der Waals surface area contributed by atoms with Crippen molar-refractivity contribution < 1.29 is 4.74 Å². The lowest BCUT2D eigenvalue weighted by Crippen LogP contribution is -2.41. The van der Waals surface area contributed by atoms with Crippen molar-refractivity contribution in [3.63, 3.8) is 0 Å². The van der Waals surface area contributed by atoms with Crippen molar-refractivity contribution in [2.45, 2.75) is 32.2 Å². The fourth-order valence-corrected chi connectivity index (χ4v) is 4.05. The van der Waals surface area contributed by atoms with E-state index in [0.717, 1.165) is 44.1 Å². The van der Waals surface area contributed by atoms with Crippen LogP contribution in [-0.4, -0.2) is 66.5 Å². The van der Waals surface area contributed by atoms with Gasteiger partial charge in [-0.05, 0) is 75.5 Å². The summed E-state index contributed by atoms with van der Waals surface area (Å²) < 4.78 is 7.27. The fourth-order valence-electron chi connectivity index (χ4n) is 4.05. The van der Waals surface area contributed by atoms with Gasteiger partial charge in [0.1, 0.15) is 5.75 Å². The van der Waals surface area contributed by atoms with Gasteiger partial charge in [-0.2, -0.15) is 5.10 Å². The van der Waals surface area contributed by atoms with Gasteiger partial charge in [0.15, 0.2) is 0 Å². The van der Waals surface area contributed by atoms with Gasteiger partial charge in [0.05, 0.1) is 7.11 Å². The number of piperidine rings is 1. The highest BCUT2D eigenvalue weighted by Gasteiger charge is 2.20. The number of hydrogen-bond acceptors (Lipinski definition) is 4. The third kappa shape index (κ3) is 6.67. The van der Waals surface area contributed by atoms with E-state index >= 15 is 0 Å². The van der Waals surface area contributed by atoms with Gasteiger partial charge in [-0.15, -0.1) is 0 Å². The second-order valence-corrected chi connectivity index (χ2v) is 7.79.